The van der Waals surface area contributed by atoms with Crippen molar-refractivity contribution in [2.45, 2.75) is 6.92 Å². The van der Waals surface area contributed by atoms with E-state index >= 15 is 0 Å². The van der Waals surface area contributed by atoms with Gasteiger partial charge in [-0.05, 0) is 22.9 Å². The molecule has 0 spiro atoms. The van der Waals surface area contributed by atoms with Crippen LogP contribution in [0, 0.1) is 17.6 Å². The van der Waals surface area contributed by atoms with E-state index in [0.717, 1.165) is 4.68 Å². The van der Waals surface area contributed by atoms with Gasteiger partial charge in [-0.15, -0.1) is 0 Å². The van der Waals surface area contributed by atoms with Gasteiger partial charge in [-0.3, -0.25) is 0 Å². The van der Waals surface area contributed by atoms with Gasteiger partial charge in [0.25, 0.3) is 5.95 Å². The van der Waals surface area contributed by atoms with Gasteiger partial charge in [0, 0.05) is 6.07 Å². The summed E-state index contributed by atoms with van der Waals surface area (Å²) < 4.78 is 45.5. The molecule has 21 heavy (non-hydrogen) atoms. The molecule has 2 heterocycles. The molecule has 0 radical (unpaired) electrons. The van der Waals surface area contributed by atoms with Crippen LogP contribution < -0.4 is 0 Å². The van der Waals surface area contributed by atoms with Crippen molar-refractivity contribution in [1.29, 1.82) is 0 Å². The summed E-state index contributed by atoms with van der Waals surface area (Å²) in [4.78, 5) is 14.9. The van der Waals surface area contributed by atoms with Crippen LogP contribution in [0.3, 0.4) is 0 Å². The predicted molar refractivity (Wildman–Crippen MR) is 69.9 cm³/mol. The standard InChI is InChI=1S/C11H6BrClF3N3O2/c1-2-21-11(20)4-3-5(12)18-19(4)10-6(13)7(14)8(15)9(16)17-10/h3H,2H2,1H3. The van der Waals surface area contributed by atoms with Gasteiger partial charge < -0.3 is 4.74 Å². The van der Waals surface area contributed by atoms with Crippen molar-refractivity contribution >= 4 is 33.5 Å². The van der Waals surface area contributed by atoms with Crippen molar-refractivity contribution in [3.63, 3.8) is 0 Å². The molecular formula is C11H6BrClF3N3O2. The van der Waals surface area contributed by atoms with Crippen molar-refractivity contribution in [2.24, 2.45) is 0 Å². The predicted octanol–water partition coefficient (Wildman–Crippen LogP) is 3.28. The number of esters is 1. The third-order valence-electron chi connectivity index (χ3n) is 2.33. The van der Waals surface area contributed by atoms with Gasteiger partial charge in [0.05, 0.1) is 6.61 Å². The van der Waals surface area contributed by atoms with E-state index < -0.39 is 34.4 Å². The Morgan fingerprint density at radius 1 is 1.43 bits per heavy atom. The minimum absolute atomic E-state index is 0.0783. The molecule has 0 aromatic carbocycles. The SMILES string of the molecule is CCOC(=O)c1cc(Br)nn1-c1nc(F)c(F)c(F)c1Cl. The minimum atomic E-state index is -1.81. The van der Waals surface area contributed by atoms with Crippen LogP contribution in [0.15, 0.2) is 10.7 Å². The summed E-state index contributed by atoms with van der Waals surface area (Å²) in [5.74, 6) is -6.51. The normalized spacial score (nSPS) is 10.8. The van der Waals surface area contributed by atoms with Gasteiger partial charge >= 0.3 is 5.97 Å². The number of halogens is 5. The van der Waals surface area contributed by atoms with Crippen LogP contribution in [0.5, 0.6) is 0 Å². The molecule has 0 bridgehead atoms. The Labute approximate surface area is 129 Å². The Morgan fingerprint density at radius 3 is 2.71 bits per heavy atom. The topological polar surface area (TPSA) is 57.0 Å². The molecule has 2 aromatic rings. The lowest BCUT2D eigenvalue weighted by molar-refractivity contribution is 0.0515. The highest BCUT2D eigenvalue weighted by Crippen LogP contribution is 2.27. The lowest BCUT2D eigenvalue weighted by atomic mass is 10.4. The van der Waals surface area contributed by atoms with Crippen LogP contribution in [0.2, 0.25) is 5.02 Å². The first-order valence-corrected chi connectivity index (χ1v) is 6.67. The first-order chi connectivity index (χ1) is 9.86. The summed E-state index contributed by atoms with van der Waals surface area (Å²) in [6.45, 7) is 1.66. The first-order valence-electron chi connectivity index (χ1n) is 5.49. The van der Waals surface area contributed by atoms with Crippen LogP contribution in [-0.4, -0.2) is 27.3 Å². The Balaban J connectivity index is 2.65. The quantitative estimate of drug-likeness (QED) is 0.602. The molecule has 112 valence electrons. The molecule has 5 nitrogen and oxygen atoms in total. The lowest BCUT2D eigenvalue weighted by Gasteiger charge is -2.08. The molecular weight excluding hydrogens is 378 g/mol. The molecule has 0 N–H and O–H groups in total. The molecule has 0 aliphatic heterocycles. The number of nitrogens with zero attached hydrogens (tertiary/aromatic N) is 3. The van der Waals surface area contributed by atoms with Gasteiger partial charge in [0.1, 0.15) is 9.63 Å². The Kier molecular flexibility index (Phi) is 4.52. The molecule has 0 saturated heterocycles. The highest BCUT2D eigenvalue weighted by atomic mass is 79.9. The highest BCUT2D eigenvalue weighted by Gasteiger charge is 2.25. The summed E-state index contributed by atoms with van der Waals surface area (Å²) in [6, 6.07) is 1.25. The van der Waals surface area contributed by atoms with E-state index in [1.54, 1.807) is 6.92 Å². The number of carbonyl (C=O) groups is 1. The molecule has 10 heteroatoms. The molecule has 2 rings (SSSR count). The zero-order chi connectivity index (χ0) is 15.7. The van der Waals surface area contributed by atoms with Crippen LogP contribution >= 0.6 is 27.5 Å². The van der Waals surface area contributed by atoms with E-state index in [0.29, 0.717) is 0 Å². The molecule has 0 unspecified atom stereocenters. The van der Waals surface area contributed by atoms with Crippen molar-refractivity contribution in [2.75, 3.05) is 6.61 Å². The minimum Gasteiger partial charge on any atom is -0.461 e. The fourth-order valence-corrected chi connectivity index (χ4v) is 2.06. The summed E-state index contributed by atoms with van der Waals surface area (Å²) in [5, 5.41) is 2.98. The van der Waals surface area contributed by atoms with Crippen LogP contribution in [0.25, 0.3) is 5.82 Å². The van der Waals surface area contributed by atoms with E-state index in [1.807, 2.05) is 0 Å². The third kappa shape index (κ3) is 2.88. The molecule has 2 aromatic heterocycles. The maximum atomic E-state index is 13.5. The molecule has 0 fully saturated rings. The van der Waals surface area contributed by atoms with Crippen LogP contribution in [-0.2, 0) is 4.74 Å². The van der Waals surface area contributed by atoms with Gasteiger partial charge in [0.15, 0.2) is 17.3 Å². The first kappa shape index (κ1) is 15.8. The lowest BCUT2D eigenvalue weighted by Crippen LogP contribution is -2.15. The van der Waals surface area contributed by atoms with Gasteiger partial charge in [-0.25, -0.2) is 13.9 Å². The maximum Gasteiger partial charge on any atom is 0.357 e. The highest BCUT2D eigenvalue weighted by molar-refractivity contribution is 9.10. The molecule has 0 amide bonds. The second-order valence-corrected chi connectivity index (χ2v) is 4.84. The van der Waals surface area contributed by atoms with Gasteiger partial charge in [-0.2, -0.15) is 18.9 Å². The largest absolute Gasteiger partial charge is 0.461 e. The smallest absolute Gasteiger partial charge is 0.357 e. The number of pyridine rings is 1. The van der Waals surface area contributed by atoms with Crippen molar-refractivity contribution in [3.05, 3.63) is 39.0 Å². The Bertz CT molecular complexity index is 723. The second-order valence-electron chi connectivity index (χ2n) is 3.65. The van der Waals surface area contributed by atoms with Crippen LogP contribution in [0.1, 0.15) is 17.4 Å². The number of hydrogen-bond acceptors (Lipinski definition) is 4. The van der Waals surface area contributed by atoms with Crippen molar-refractivity contribution < 1.29 is 22.7 Å². The van der Waals surface area contributed by atoms with Gasteiger partial charge in [-0.1, -0.05) is 11.6 Å². The summed E-state index contributed by atoms with van der Waals surface area (Å²) in [7, 11) is 0. The van der Waals surface area contributed by atoms with Crippen molar-refractivity contribution in [1.82, 2.24) is 14.8 Å². The zero-order valence-electron chi connectivity index (χ0n) is 10.3. The fourth-order valence-electron chi connectivity index (χ4n) is 1.48. The van der Waals surface area contributed by atoms with E-state index in [2.05, 4.69) is 26.0 Å². The van der Waals surface area contributed by atoms with E-state index in [4.69, 9.17) is 16.3 Å². The van der Waals surface area contributed by atoms with Crippen molar-refractivity contribution in [3.8, 4) is 5.82 Å². The number of hydrogen-bond donors (Lipinski definition) is 0. The summed E-state index contributed by atoms with van der Waals surface area (Å²) in [5.41, 5.74) is -0.177. The molecule has 0 atom stereocenters. The number of carbonyl (C=O) groups excluding carboxylic acids is 1. The van der Waals surface area contributed by atoms with Gasteiger partial charge in [0.2, 0.25) is 5.82 Å². The Hall–Kier alpha value is -1.61. The third-order valence-corrected chi connectivity index (χ3v) is 3.05. The monoisotopic (exact) mass is 383 g/mol. The zero-order valence-corrected chi connectivity index (χ0v) is 12.7. The number of ether oxygens (including phenoxy) is 1. The molecule has 0 saturated carbocycles. The summed E-state index contributed by atoms with van der Waals surface area (Å²) in [6.07, 6.45) is 0. The molecule has 0 aliphatic rings. The fraction of sp³-hybridized carbons (Fsp3) is 0.182. The number of aromatic nitrogens is 3. The van der Waals surface area contributed by atoms with E-state index in [-0.39, 0.29) is 16.9 Å². The van der Waals surface area contributed by atoms with E-state index in [1.165, 1.54) is 6.07 Å². The molecule has 0 aliphatic carbocycles. The average molecular weight is 385 g/mol. The van der Waals surface area contributed by atoms with Crippen LogP contribution in [0.4, 0.5) is 13.2 Å². The summed E-state index contributed by atoms with van der Waals surface area (Å²) >= 11 is 8.60. The maximum absolute atomic E-state index is 13.5. The second kappa shape index (κ2) is 6.02. The Morgan fingerprint density at radius 2 is 2.10 bits per heavy atom. The average Bonchev–Trinajstić information content (AvgIpc) is 2.82. The van der Waals surface area contributed by atoms with E-state index in [9.17, 15) is 18.0 Å². The number of rotatable bonds is 3.